The predicted octanol–water partition coefficient (Wildman–Crippen LogP) is 1.44. The van der Waals surface area contributed by atoms with Gasteiger partial charge in [-0.3, -0.25) is 0 Å². The third-order valence-corrected chi connectivity index (χ3v) is 3.62. The second kappa shape index (κ2) is 5.79. The van der Waals surface area contributed by atoms with Crippen LogP contribution in [0.2, 0.25) is 5.28 Å². The number of thiophene rings is 1. The van der Waals surface area contributed by atoms with Crippen molar-refractivity contribution in [3.05, 3.63) is 16.2 Å². The highest BCUT2D eigenvalue weighted by Gasteiger charge is 2.15. The maximum absolute atomic E-state index is 9.07. The lowest BCUT2D eigenvalue weighted by Gasteiger charge is -2.22. The molecule has 2 N–H and O–H groups in total. The van der Waals surface area contributed by atoms with Gasteiger partial charge in [0, 0.05) is 18.0 Å². The summed E-state index contributed by atoms with van der Waals surface area (Å²) >= 11 is 7.46. The number of halogens is 1. The van der Waals surface area contributed by atoms with Crippen molar-refractivity contribution >= 4 is 39.0 Å². The maximum atomic E-state index is 9.07. The van der Waals surface area contributed by atoms with Gasteiger partial charge >= 0.3 is 0 Å². The molecular formula is C11H14ClN3O2S. The third-order valence-electron chi connectivity index (χ3n) is 2.51. The number of hydrogen-bond acceptors (Lipinski definition) is 6. The summed E-state index contributed by atoms with van der Waals surface area (Å²) in [7, 11) is 0. The van der Waals surface area contributed by atoms with Crippen molar-refractivity contribution in [1.82, 2.24) is 9.97 Å². The van der Waals surface area contributed by atoms with Gasteiger partial charge in [0.1, 0.15) is 10.6 Å². The first-order chi connectivity index (χ1) is 8.65. The fraction of sp³-hybridized carbons (Fsp3) is 0.455. The van der Waals surface area contributed by atoms with Crippen LogP contribution in [0.3, 0.4) is 0 Å². The van der Waals surface area contributed by atoms with Gasteiger partial charge in [0.25, 0.3) is 0 Å². The van der Waals surface area contributed by atoms with Crippen LogP contribution in [0.5, 0.6) is 0 Å². The van der Waals surface area contributed by atoms with Crippen LogP contribution in [0.15, 0.2) is 6.07 Å². The summed E-state index contributed by atoms with van der Waals surface area (Å²) in [4.78, 5) is 12.1. The Morgan fingerprint density at radius 2 is 1.94 bits per heavy atom. The van der Waals surface area contributed by atoms with Crippen molar-refractivity contribution in [2.45, 2.75) is 6.92 Å². The topological polar surface area (TPSA) is 69.5 Å². The summed E-state index contributed by atoms with van der Waals surface area (Å²) in [6.45, 7) is 2.78. The Morgan fingerprint density at radius 3 is 2.56 bits per heavy atom. The molecule has 0 saturated carbocycles. The van der Waals surface area contributed by atoms with Crippen LogP contribution >= 0.6 is 22.9 Å². The Bertz CT molecular complexity index is 540. The van der Waals surface area contributed by atoms with Gasteiger partial charge in [-0.05, 0) is 24.6 Å². The molecule has 0 aliphatic carbocycles. The molecule has 2 heterocycles. The Labute approximate surface area is 114 Å². The molecule has 0 unspecified atom stereocenters. The second-order valence-electron chi connectivity index (χ2n) is 3.83. The molecule has 0 aliphatic rings. The monoisotopic (exact) mass is 287 g/mol. The first-order valence-electron chi connectivity index (χ1n) is 5.56. The summed E-state index contributed by atoms with van der Waals surface area (Å²) in [5.74, 6) is 0.664. The zero-order valence-corrected chi connectivity index (χ0v) is 11.5. The van der Waals surface area contributed by atoms with Gasteiger partial charge in [0.15, 0.2) is 0 Å². The lowest BCUT2D eigenvalue weighted by molar-refractivity contribution is 0.281. The van der Waals surface area contributed by atoms with E-state index in [1.54, 1.807) is 11.3 Å². The predicted molar refractivity (Wildman–Crippen MR) is 73.5 cm³/mol. The van der Waals surface area contributed by atoms with Gasteiger partial charge in [-0.25, -0.2) is 4.98 Å². The highest BCUT2D eigenvalue weighted by atomic mass is 35.5. The number of aliphatic hydroxyl groups is 2. The van der Waals surface area contributed by atoms with E-state index in [4.69, 9.17) is 21.8 Å². The van der Waals surface area contributed by atoms with Crippen LogP contribution in [-0.2, 0) is 0 Å². The van der Waals surface area contributed by atoms with Gasteiger partial charge in [0.2, 0.25) is 5.28 Å². The maximum Gasteiger partial charge on any atom is 0.225 e. The number of anilines is 1. The molecule has 0 fully saturated rings. The highest BCUT2D eigenvalue weighted by Crippen LogP contribution is 2.31. The molecule has 0 radical (unpaired) electrons. The first kappa shape index (κ1) is 13.5. The van der Waals surface area contributed by atoms with Crippen LogP contribution in [0.25, 0.3) is 10.2 Å². The Morgan fingerprint density at radius 1 is 1.28 bits per heavy atom. The molecule has 0 saturated heterocycles. The van der Waals surface area contributed by atoms with Crippen molar-refractivity contribution < 1.29 is 10.2 Å². The molecule has 2 rings (SSSR count). The Kier molecular flexibility index (Phi) is 4.34. The average molecular weight is 288 g/mol. The van der Waals surface area contributed by atoms with Gasteiger partial charge in [0.05, 0.1) is 18.6 Å². The van der Waals surface area contributed by atoms with E-state index in [0.717, 1.165) is 15.1 Å². The molecule has 0 aromatic carbocycles. The summed E-state index contributed by atoms with van der Waals surface area (Å²) < 4.78 is 0. The molecule has 0 atom stereocenters. The summed E-state index contributed by atoms with van der Waals surface area (Å²) in [5, 5.41) is 19.2. The zero-order valence-electron chi connectivity index (χ0n) is 9.93. The minimum absolute atomic E-state index is 0.00770. The standard InChI is InChI=1S/C11H14ClN3O2S/c1-7-6-8-9(15(2-4-16)3-5-17)13-11(12)14-10(8)18-7/h6,16-17H,2-5H2,1H3. The molecule has 0 amide bonds. The van der Waals surface area contributed by atoms with Crippen LogP contribution in [-0.4, -0.2) is 46.5 Å². The zero-order chi connectivity index (χ0) is 13.1. The summed E-state index contributed by atoms with van der Waals surface area (Å²) in [5.41, 5.74) is 0. The SMILES string of the molecule is Cc1cc2c(N(CCO)CCO)nc(Cl)nc2s1. The molecule has 18 heavy (non-hydrogen) atoms. The Balaban J connectivity index is 2.52. The minimum Gasteiger partial charge on any atom is -0.395 e. The fourth-order valence-corrected chi connectivity index (χ4v) is 2.90. The Hall–Kier alpha value is -0.950. The third kappa shape index (κ3) is 2.72. The van der Waals surface area contributed by atoms with Crippen LogP contribution in [0, 0.1) is 6.92 Å². The lowest BCUT2D eigenvalue weighted by atomic mass is 10.3. The van der Waals surface area contributed by atoms with Crippen LogP contribution in [0.4, 0.5) is 5.82 Å². The molecule has 98 valence electrons. The van der Waals surface area contributed by atoms with E-state index >= 15 is 0 Å². The van der Waals surface area contributed by atoms with Gasteiger partial charge in [-0.2, -0.15) is 4.98 Å². The number of fused-ring (bicyclic) bond motifs is 1. The van der Waals surface area contributed by atoms with Crippen LogP contribution < -0.4 is 4.90 Å². The van der Waals surface area contributed by atoms with Gasteiger partial charge in [-0.15, -0.1) is 11.3 Å². The van der Waals surface area contributed by atoms with Gasteiger partial charge < -0.3 is 15.1 Å². The molecule has 7 heteroatoms. The molecule has 0 bridgehead atoms. The van der Waals surface area contributed by atoms with Crippen molar-refractivity contribution in [2.24, 2.45) is 0 Å². The van der Waals surface area contributed by atoms with E-state index in [1.807, 2.05) is 17.9 Å². The summed E-state index contributed by atoms with van der Waals surface area (Å²) in [6, 6.07) is 1.99. The van der Waals surface area contributed by atoms with Crippen LogP contribution in [0.1, 0.15) is 4.88 Å². The normalized spacial score (nSPS) is 11.1. The lowest BCUT2D eigenvalue weighted by Crippen LogP contribution is -2.30. The van der Waals surface area contributed by atoms with E-state index in [1.165, 1.54) is 0 Å². The number of aliphatic hydroxyl groups excluding tert-OH is 2. The fourth-order valence-electron chi connectivity index (χ4n) is 1.81. The number of aryl methyl sites for hydroxylation is 1. The van der Waals surface area contributed by atoms with E-state index < -0.39 is 0 Å². The molecule has 0 spiro atoms. The first-order valence-corrected chi connectivity index (χ1v) is 6.75. The van der Waals surface area contributed by atoms with Crippen molar-refractivity contribution in [1.29, 1.82) is 0 Å². The quantitative estimate of drug-likeness (QED) is 0.815. The van der Waals surface area contributed by atoms with E-state index in [9.17, 15) is 0 Å². The summed E-state index contributed by atoms with van der Waals surface area (Å²) in [6.07, 6.45) is 0. The van der Waals surface area contributed by atoms with Gasteiger partial charge in [-0.1, -0.05) is 0 Å². The number of rotatable bonds is 5. The van der Waals surface area contributed by atoms with Crippen molar-refractivity contribution in [3.63, 3.8) is 0 Å². The second-order valence-corrected chi connectivity index (χ2v) is 5.40. The number of aromatic nitrogens is 2. The average Bonchev–Trinajstić information content (AvgIpc) is 2.68. The highest BCUT2D eigenvalue weighted by molar-refractivity contribution is 7.18. The van der Waals surface area contributed by atoms with E-state index in [2.05, 4.69) is 9.97 Å². The molecule has 5 nitrogen and oxygen atoms in total. The van der Waals surface area contributed by atoms with Crippen molar-refractivity contribution in [2.75, 3.05) is 31.2 Å². The molecule has 0 aliphatic heterocycles. The molecule has 2 aromatic heterocycles. The number of hydrogen-bond donors (Lipinski definition) is 2. The molecule has 2 aromatic rings. The van der Waals surface area contributed by atoms with E-state index in [-0.39, 0.29) is 18.5 Å². The number of nitrogens with zero attached hydrogens (tertiary/aromatic N) is 3. The van der Waals surface area contributed by atoms with E-state index in [0.29, 0.717) is 18.9 Å². The van der Waals surface area contributed by atoms with Crippen molar-refractivity contribution in [3.8, 4) is 0 Å². The minimum atomic E-state index is -0.00770. The smallest absolute Gasteiger partial charge is 0.225 e. The molecular weight excluding hydrogens is 274 g/mol. The largest absolute Gasteiger partial charge is 0.395 e.